The third-order valence-electron chi connectivity index (χ3n) is 4.82. The summed E-state index contributed by atoms with van der Waals surface area (Å²) in [6.45, 7) is 5.61. The van der Waals surface area contributed by atoms with Gasteiger partial charge in [-0.25, -0.2) is 4.99 Å². The quantitative estimate of drug-likeness (QED) is 0.286. The van der Waals surface area contributed by atoms with Gasteiger partial charge in [0, 0.05) is 31.7 Å². The highest BCUT2D eigenvalue weighted by molar-refractivity contribution is 5.79. The van der Waals surface area contributed by atoms with Gasteiger partial charge in [0.2, 0.25) is 0 Å². The van der Waals surface area contributed by atoms with Crippen LogP contribution in [0.5, 0.6) is 11.5 Å². The number of para-hydroxylation sites is 1. The zero-order valence-corrected chi connectivity index (χ0v) is 17.9. The summed E-state index contributed by atoms with van der Waals surface area (Å²) in [6, 6.07) is 5.06. The molecule has 1 fully saturated rings. The molecule has 0 atom stereocenters. The van der Waals surface area contributed by atoms with Gasteiger partial charge in [-0.2, -0.15) is 8.78 Å². The van der Waals surface area contributed by atoms with E-state index in [-0.39, 0.29) is 24.1 Å². The van der Waals surface area contributed by atoms with E-state index in [1.165, 1.54) is 0 Å². The SMILES string of the molecule is CCNC(=NCc1cccc(OCC)c1OC(F)F)NCCCN1CCC(O)CC1. The lowest BCUT2D eigenvalue weighted by Gasteiger charge is -2.29. The molecule has 1 aromatic rings. The van der Waals surface area contributed by atoms with Crippen LogP contribution >= 0.6 is 0 Å². The first kappa shape index (κ1) is 24.1. The Morgan fingerprint density at radius 1 is 1.27 bits per heavy atom. The zero-order valence-electron chi connectivity index (χ0n) is 17.9. The third-order valence-corrected chi connectivity index (χ3v) is 4.82. The monoisotopic (exact) mass is 428 g/mol. The van der Waals surface area contributed by atoms with Crippen LogP contribution in [-0.4, -0.2) is 68.0 Å². The largest absolute Gasteiger partial charge is 0.490 e. The number of guanidine groups is 1. The molecule has 1 aromatic carbocycles. The van der Waals surface area contributed by atoms with Crippen LogP contribution in [0.2, 0.25) is 0 Å². The van der Waals surface area contributed by atoms with Crippen molar-refractivity contribution < 1.29 is 23.4 Å². The highest BCUT2D eigenvalue weighted by atomic mass is 19.3. The number of ether oxygens (including phenoxy) is 2. The van der Waals surface area contributed by atoms with Crippen molar-refractivity contribution in [2.45, 2.75) is 52.4 Å². The van der Waals surface area contributed by atoms with Crippen molar-refractivity contribution in [2.75, 3.05) is 39.3 Å². The zero-order chi connectivity index (χ0) is 21.8. The number of hydrogen-bond donors (Lipinski definition) is 3. The second-order valence-electron chi connectivity index (χ2n) is 7.10. The molecule has 170 valence electrons. The summed E-state index contributed by atoms with van der Waals surface area (Å²) in [5.74, 6) is 0.938. The van der Waals surface area contributed by atoms with Gasteiger partial charge in [0.15, 0.2) is 17.5 Å². The summed E-state index contributed by atoms with van der Waals surface area (Å²) in [4.78, 5) is 6.87. The molecule has 0 amide bonds. The van der Waals surface area contributed by atoms with Gasteiger partial charge in [0.25, 0.3) is 0 Å². The van der Waals surface area contributed by atoms with Crippen LogP contribution in [0.3, 0.4) is 0 Å². The van der Waals surface area contributed by atoms with Crippen LogP contribution in [0.1, 0.15) is 38.7 Å². The summed E-state index contributed by atoms with van der Waals surface area (Å²) >= 11 is 0. The number of hydrogen-bond acceptors (Lipinski definition) is 5. The predicted octanol–water partition coefficient (Wildman–Crippen LogP) is 2.59. The molecule has 1 aliphatic heterocycles. The molecule has 0 unspecified atom stereocenters. The van der Waals surface area contributed by atoms with Gasteiger partial charge < -0.3 is 30.1 Å². The number of alkyl halides is 2. The van der Waals surface area contributed by atoms with Crippen LogP contribution < -0.4 is 20.1 Å². The number of benzene rings is 1. The Labute approximate surface area is 177 Å². The van der Waals surface area contributed by atoms with Gasteiger partial charge in [-0.15, -0.1) is 0 Å². The molecule has 0 bridgehead atoms. The average Bonchev–Trinajstić information content (AvgIpc) is 2.72. The summed E-state index contributed by atoms with van der Waals surface area (Å²) in [6.07, 6.45) is 2.45. The first-order valence-corrected chi connectivity index (χ1v) is 10.7. The molecular weight excluding hydrogens is 394 g/mol. The molecule has 30 heavy (non-hydrogen) atoms. The highest BCUT2D eigenvalue weighted by Crippen LogP contribution is 2.33. The number of aliphatic hydroxyl groups excluding tert-OH is 1. The normalized spacial score (nSPS) is 16.0. The lowest BCUT2D eigenvalue weighted by molar-refractivity contribution is -0.0520. The smallest absolute Gasteiger partial charge is 0.387 e. The Balaban J connectivity index is 1.92. The van der Waals surface area contributed by atoms with Gasteiger partial charge in [-0.3, -0.25) is 0 Å². The summed E-state index contributed by atoms with van der Waals surface area (Å²) < 4.78 is 35.9. The van der Waals surface area contributed by atoms with Crippen molar-refractivity contribution in [3.05, 3.63) is 23.8 Å². The van der Waals surface area contributed by atoms with Crippen molar-refractivity contribution in [1.29, 1.82) is 0 Å². The molecule has 3 N–H and O–H groups in total. The minimum atomic E-state index is -2.93. The molecule has 0 spiro atoms. The lowest BCUT2D eigenvalue weighted by Crippen LogP contribution is -2.40. The Hall–Kier alpha value is -2.13. The average molecular weight is 429 g/mol. The van der Waals surface area contributed by atoms with Crippen LogP contribution in [0.4, 0.5) is 8.78 Å². The molecular formula is C21H34F2N4O3. The van der Waals surface area contributed by atoms with Crippen LogP contribution in [0, 0.1) is 0 Å². The fourth-order valence-electron chi connectivity index (χ4n) is 3.34. The highest BCUT2D eigenvalue weighted by Gasteiger charge is 2.17. The van der Waals surface area contributed by atoms with Crippen molar-refractivity contribution in [1.82, 2.24) is 15.5 Å². The molecule has 1 aliphatic rings. The first-order chi connectivity index (χ1) is 14.5. The van der Waals surface area contributed by atoms with Gasteiger partial charge >= 0.3 is 6.61 Å². The van der Waals surface area contributed by atoms with Gasteiger partial charge in [-0.05, 0) is 45.7 Å². The molecule has 9 heteroatoms. The lowest BCUT2D eigenvalue weighted by atomic mass is 10.1. The summed E-state index contributed by atoms with van der Waals surface area (Å²) in [5.41, 5.74) is 0.533. The van der Waals surface area contributed by atoms with Gasteiger partial charge in [0.05, 0.1) is 19.3 Å². The standard InChI is InChI=1S/C21H34F2N4O3/c1-3-24-21(25-11-6-12-27-13-9-17(28)10-14-27)26-15-16-7-5-8-18(29-4-2)19(16)30-20(22)23/h5,7-8,17,20,28H,3-4,6,9-15H2,1-2H3,(H2,24,25,26). The molecule has 0 radical (unpaired) electrons. The third kappa shape index (κ3) is 8.31. The van der Waals surface area contributed by atoms with Gasteiger partial charge in [-0.1, -0.05) is 12.1 Å². The van der Waals surface area contributed by atoms with Crippen molar-refractivity contribution in [3.63, 3.8) is 0 Å². The Bertz CT molecular complexity index is 653. The minimum Gasteiger partial charge on any atom is -0.490 e. The van der Waals surface area contributed by atoms with Crippen LogP contribution in [0.25, 0.3) is 0 Å². The van der Waals surface area contributed by atoms with E-state index in [9.17, 15) is 13.9 Å². The molecule has 1 heterocycles. The van der Waals surface area contributed by atoms with E-state index >= 15 is 0 Å². The molecule has 2 rings (SSSR count). The molecule has 1 saturated heterocycles. The topological polar surface area (TPSA) is 78.4 Å². The molecule has 7 nitrogen and oxygen atoms in total. The van der Waals surface area contributed by atoms with Gasteiger partial charge in [0.1, 0.15) is 0 Å². The van der Waals surface area contributed by atoms with Crippen molar-refractivity contribution in [2.24, 2.45) is 4.99 Å². The maximum absolute atomic E-state index is 12.9. The number of aliphatic hydroxyl groups is 1. The number of nitrogens with zero attached hydrogens (tertiary/aromatic N) is 2. The first-order valence-electron chi connectivity index (χ1n) is 10.7. The minimum absolute atomic E-state index is 0.0289. The molecule has 0 aromatic heterocycles. The number of halogens is 2. The van der Waals surface area contributed by atoms with E-state index in [0.29, 0.717) is 24.7 Å². The number of nitrogens with one attached hydrogen (secondary N) is 2. The summed E-state index contributed by atoms with van der Waals surface area (Å²) in [5, 5.41) is 16.0. The van der Waals surface area contributed by atoms with E-state index in [1.807, 2.05) is 6.92 Å². The number of piperidine rings is 1. The number of aliphatic imine (C=N–C) groups is 1. The fraction of sp³-hybridized carbons (Fsp3) is 0.667. The van der Waals surface area contributed by atoms with E-state index in [2.05, 4.69) is 20.5 Å². The second-order valence-corrected chi connectivity index (χ2v) is 7.10. The maximum Gasteiger partial charge on any atom is 0.387 e. The van der Waals surface area contributed by atoms with E-state index in [0.717, 1.165) is 45.4 Å². The number of likely N-dealkylation sites (tertiary alicyclic amines) is 1. The van der Waals surface area contributed by atoms with E-state index in [4.69, 9.17) is 9.47 Å². The second kappa shape index (κ2) is 13.2. The summed E-state index contributed by atoms with van der Waals surface area (Å²) in [7, 11) is 0. The predicted molar refractivity (Wildman–Crippen MR) is 113 cm³/mol. The van der Waals surface area contributed by atoms with Crippen LogP contribution in [-0.2, 0) is 6.54 Å². The Morgan fingerprint density at radius 3 is 2.70 bits per heavy atom. The Kier molecular flexibility index (Phi) is 10.6. The van der Waals surface area contributed by atoms with Crippen LogP contribution in [0.15, 0.2) is 23.2 Å². The maximum atomic E-state index is 12.9. The van der Waals surface area contributed by atoms with E-state index in [1.54, 1.807) is 25.1 Å². The molecule has 0 saturated carbocycles. The fourth-order valence-corrected chi connectivity index (χ4v) is 3.34. The van der Waals surface area contributed by atoms with Crippen molar-refractivity contribution >= 4 is 5.96 Å². The Morgan fingerprint density at radius 2 is 2.03 bits per heavy atom. The molecule has 0 aliphatic carbocycles. The van der Waals surface area contributed by atoms with Crippen molar-refractivity contribution in [3.8, 4) is 11.5 Å². The van der Waals surface area contributed by atoms with E-state index < -0.39 is 6.61 Å². The number of rotatable bonds is 11.